The quantitative estimate of drug-likeness (QED) is 0.486. The van der Waals surface area contributed by atoms with Gasteiger partial charge in [0.05, 0.1) is 0 Å². The smallest absolute Gasteiger partial charge is 1.00 e. The van der Waals surface area contributed by atoms with E-state index in [1.165, 1.54) is 22.3 Å². The minimum Gasteiger partial charge on any atom is -1.00 e. The molecule has 0 atom stereocenters. The van der Waals surface area contributed by atoms with Crippen LogP contribution < -0.4 is 24.8 Å². The molecule has 0 radical (unpaired) electrons. The van der Waals surface area contributed by atoms with E-state index < -0.39 is 23.2 Å². The molecule has 0 N–H and O–H groups in total. The van der Waals surface area contributed by atoms with Crippen LogP contribution >= 0.6 is 0 Å². The van der Waals surface area contributed by atoms with Gasteiger partial charge in [0.15, 0.2) is 0 Å². The van der Waals surface area contributed by atoms with Gasteiger partial charge in [-0.3, -0.25) is 0 Å². The molecule has 0 spiro atoms. The van der Waals surface area contributed by atoms with Gasteiger partial charge in [-0.2, -0.15) is 0 Å². The number of aryl methyl sites for hydroxylation is 2. The summed E-state index contributed by atoms with van der Waals surface area (Å²) >= 11 is -0.779. The summed E-state index contributed by atoms with van der Waals surface area (Å²) in [6, 6.07) is 21.6. The fourth-order valence-corrected chi connectivity index (χ4v) is 6.89. The Kier molecular flexibility index (Phi) is 11.3. The molecule has 0 saturated carbocycles. The number of allylic oxidation sites excluding steroid dienone is 12. The third kappa shape index (κ3) is 7.76. The minimum atomic E-state index is -0.779. The van der Waals surface area contributed by atoms with Crippen molar-refractivity contribution in [2.45, 2.75) is 25.7 Å². The van der Waals surface area contributed by atoms with Crippen molar-refractivity contribution in [2.75, 3.05) is 0 Å². The summed E-state index contributed by atoms with van der Waals surface area (Å²) in [5.41, 5.74) is 5.76. The topological polar surface area (TPSA) is 0 Å². The van der Waals surface area contributed by atoms with E-state index in [1.807, 2.05) is 0 Å². The second-order valence-corrected chi connectivity index (χ2v) is 10.6. The van der Waals surface area contributed by atoms with E-state index in [1.54, 1.807) is 6.56 Å². The van der Waals surface area contributed by atoms with Crippen LogP contribution in [0.5, 0.6) is 0 Å². The fourth-order valence-electron chi connectivity index (χ4n) is 3.67. The zero-order valence-electron chi connectivity index (χ0n) is 17.5. The maximum Gasteiger partial charge on any atom is -1.00 e. The van der Waals surface area contributed by atoms with Gasteiger partial charge in [-0.1, -0.05) is 0 Å². The van der Waals surface area contributed by atoms with Crippen LogP contribution in [0.25, 0.3) is 0 Å². The van der Waals surface area contributed by atoms with Crippen LogP contribution in [0, 0.1) is 0 Å². The van der Waals surface area contributed by atoms with Crippen LogP contribution in [0.1, 0.15) is 24.0 Å². The Morgan fingerprint density at radius 1 is 0.581 bits per heavy atom. The standard InChI is InChI=1S/2C14H13.2ClH.Zr/c2*1-2-7-13(8-3-1)11-6-12-14-9-4-5-10-14;;;/h2*1-5,7-9,12H,6,11H2;2*1H;/q;;;;+2/p-2. The summed E-state index contributed by atoms with van der Waals surface area (Å²) in [5, 5.41) is 0. The average molecular weight is 525 g/mol. The van der Waals surface area contributed by atoms with Gasteiger partial charge < -0.3 is 24.8 Å². The summed E-state index contributed by atoms with van der Waals surface area (Å²) in [6.45, 7) is 0. The summed E-state index contributed by atoms with van der Waals surface area (Å²) < 4.78 is 3.20. The molecule has 0 aliphatic heterocycles. The summed E-state index contributed by atoms with van der Waals surface area (Å²) in [5.74, 6) is 0. The van der Waals surface area contributed by atoms with Crippen molar-refractivity contribution >= 4 is 0 Å². The molecule has 0 heterocycles. The second-order valence-electron chi connectivity index (χ2n) is 7.37. The van der Waals surface area contributed by atoms with Crippen LogP contribution in [0.3, 0.4) is 0 Å². The molecular formula is C28H26Cl2Zr. The van der Waals surface area contributed by atoms with Crippen LogP contribution in [0.15, 0.2) is 127 Å². The van der Waals surface area contributed by atoms with Gasteiger partial charge in [0.2, 0.25) is 0 Å². The third-order valence-corrected chi connectivity index (χ3v) is 8.81. The molecule has 2 aliphatic rings. The van der Waals surface area contributed by atoms with Gasteiger partial charge >= 0.3 is 187 Å². The molecule has 0 nitrogen and oxygen atoms in total. The largest absolute Gasteiger partial charge is 1.00 e. The Labute approximate surface area is 210 Å². The van der Waals surface area contributed by atoms with Gasteiger partial charge in [0.1, 0.15) is 0 Å². The zero-order chi connectivity index (χ0) is 19.7. The molecule has 0 amide bonds. The van der Waals surface area contributed by atoms with Crippen LogP contribution in [0.2, 0.25) is 0 Å². The van der Waals surface area contributed by atoms with Crippen molar-refractivity contribution in [3.05, 3.63) is 138 Å². The molecule has 0 unspecified atom stereocenters. The molecule has 0 aromatic heterocycles. The maximum atomic E-state index is 2.44. The van der Waals surface area contributed by atoms with Gasteiger partial charge in [-0.05, 0) is 0 Å². The van der Waals surface area contributed by atoms with Gasteiger partial charge in [-0.25, -0.2) is 0 Å². The molecule has 0 saturated heterocycles. The van der Waals surface area contributed by atoms with E-state index in [4.69, 9.17) is 0 Å². The Morgan fingerprint density at radius 3 is 1.42 bits per heavy atom. The van der Waals surface area contributed by atoms with Crippen molar-refractivity contribution < 1.29 is 48.0 Å². The van der Waals surface area contributed by atoms with Crippen molar-refractivity contribution in [3.63, 3.8) is 0 Å². The van der Waals surface area contributed by atoms with Crippen molar-refractivity contribution in [1.29, 1.82) is 0 Å². The van der Waals surface area contributed by atoms with Gasteiger partial charge in [0, 0.05) is 0 Å². The van der Waals surface area contributed by atoms with E-state index in [-0.39, 0.29) is 24.8 Å². The van der Waals surface area contributed by atoms with E-state index in [2.05, 4.69) is 109 Å². The van der Waals surface area contributed by atoms with E-state index in [0.717, 1.165) is 25.7 Å². The summed E-state index contributed by atoms with van der Waals surface area (Å²) in [6.07, 6.45) is 23.1. The number of rotatable bonds is 8. The molecule has 0 bridgehead atoms. The first-order valence-corrected chi connectivity index (χ1v) is 12.9. The Morgan fingerprint density at radius 2 is 1.00 bits per heavy atom. The predicted octanol–water partition coefficient (Wildman–Crippen LogP) is 1.10. The van der Waals surface area contributed by atoms with Crippen LogP contribution in [-0.4, -0.2) is 0 Å². The molecule has 156 valence electrons. The molecule has 2 aliphatic carbocycles. The molecule has 3 heteroatoms. The fraction of sp³-hybridized carbons (Fsp3) is 0.143. The van der Waals surface area contributed by atoms with Crippen molar-refractivity contribution in [3.8, 4) is 0 Å². The second kappa shape index (κ2) is 13.7. The number of halogens is 2. The SMILES string of the molecule is C1=CC(=CCCc2ccccc2)[C]([Zr+2][C]2=CC=CC2=CCCc2ccccc2)=C1.[Cl-].[Cl-]. The Balaban J connectivity index is 0.00000171. The molecule has 4 rings (SSSR count). The molecular weight excluding hydrogens is 498 g/mol. The number of hydrogen-bond acceptors (Lipinski definition) is 0. The first kappa shape index (κ1) is 25.6. The molecule has 31 heavy (non-hydrogen) atoms. The van der Waals surface area contributed by atoms with E-state index in [0.29, 0.717) is 0 Å². The van der Waals surface area contributed by atoms with E-state index in [9.17, 15) is 0 Å². The monoisotopic (exact) mass is 522 g/mol. The summed E-state index contributed by atoms with van der Waals surface area (Å²) in [4.78, 5) is 0. The first-order chi connectivity index (χ1) is 14.4. The molecule has 2 aromatic rings. The zero-order valence-corrected chi connectivity index (χ0v) is 21.4. The summed E-state index contributed by atoms with van der Waals surface area (Å²) in [7, 11) is 0. The first-order valence-electron chi connectivity index (χ1n) is 10.4. The Hall–Kier alpha value is -1.66. The maximum absolute atomic E-state index is 2.44. The minimum absolute atomic E-state index is 0. The van der Waals surface area contributed by atoms with Crippen LogP contribution in [-0.2, 0) is 36.1 Å². The normalized spacial score (nSPS) is 16.5. The van der Waals surface area contributed by atoms with Gasteiger partial charge in [0.25, 0.3) is 0 Å². The molecule has 0 fully saturated rings. The van der Waals surface area contributed by atoms with E-state index >= 15 is 0 Å². The molecule has 2 aromatic carbocycles. The Bertz CT molecular complexity index is 926. The van der Waals surface area contributed by atoms with Crippen LogP contribution in [0.4, 0.5) is 0 Å². The van der Waals surface area contributed by atoms with Gasteiger partial charge in [-0.15, -0.1) is 0 Å². The predicted molar refractivity (Wildman–Crippen MR) is 120 cm³/mol. The third-order valence-electron chi connectivity index (χ3n) is 5.25. The number of benzene rings is 2. The van der Waals surface area contributed by atoms with Crippen molar-refractivity contribution in [1.82, 2.24) is 0 Å². The average Bonchev–Trinajstić information content (AvgIpc) is 3.40. The number of hydrogen-bond donors (Lipinski definition) is 0. The van der Waals surface area contributed by atoms with Crippen molar-refractivity contribution in [2.24, 2.45) is 0 Å².